The fourth-order valence-electron chi connectivity index (χ4n) is 4.35. The molecule has 0 amide bonds. The first-order valence-corrected chi connectivity index (χ1v) is 16.2. The van der Waals surface area contributed by atoms with Crippen LogP contribution in [0.4, 0.5) is 0 Å². The molecule has 0 bridgehead atoms. The number of phosphoric acid groups is 1. The van der Waals surface area contributed by atoms with E-state index in [0.29, 0.717) is 13.0 Å². The molecular formula is C30H54NO6P. The summed E-state index contributed by atoms with van der Waals surface area (Å²) in [5.74, 6) is 0.832. The van der Waals surface area contributed by atoms with Gasteiger partial charge in [-0.1, -0.05) is 76.8 Å². The van der Waals surface area contributed by atoms with Crippen molar-refractivity contribution in [3.8, 4) is 5.75 Å². The van der Waals surface area contributed by atoms with Crippen LogP contribution in [0.25, 0.3) is 0 Å². The van der Waals surface area contributed by atoms with Crippen LogP contribution in [-0.4, -0.2) is 56.0 Å². The van der Waals surface area contributed by atoms with E-state index in [0.717, 1.165) is 38.0 Å². The Hall–Kier alpha value is -1.24. The first kappa shape index (κ1) is 34.8. The van der Waals surface area contributed by atoms with E-state index in [9.17, 15) is 14.3 Å². The summed E-state index contributed by atoms with van der Waals surface area (Å²) in [5, 5.41) is 0. The first-order valence-electron chi connectivity index (χ1n) is 14.7. The quantitative estimate of drug-likeness (QED) is 0.0982. The molecule has 0 aromatic heterocycles. The molecule has 0 saturated carbocycles. The van der Waals surface area contributed by atoms with Gasteiger partial charge in [0.15, 0.2) is 0 Å². The molecule has 0 radical (unpaired) electrons. The second kappa shape index (κ2) is 21.6. The third-order valence-electron chi connectivity index (χ3n) is 6.61. The highest BCUT2D eigenvalue weighted by molar-refractivity contribution is 7.47. The highest BCUT2D eigenvalue weighted by Crippen LogP contribution is 2.43. The maximum Gasteiger partial charge on any atom is 0.472 e. The summed E-state index contributed by atoms with van der Waals surface area (Å²) in [6.07, 6.45) is 15.9. The third-order valence-corrected chi connectivity index (χ3v) is 7.59. The van der Waals surface area contributed by atoms with Crippen molar-refractivity contribution < 1.29 is 28.0 Å². The Morgan fingerprint density at radius 3 is 2.08 bits per heavy atom. The van der Waals surface area contributed by atoms with Gasteiger partial charge in [0.2, 0.25) is 0 Å². The number of ketones is 1. The van der Waals surface area contributed by atoms with Crippen LogP contribution in [0.2, 0.25) is 0 Å². The Labute approximate surface area is 232 Å². The van der Waals surface area contributed by atoms with Gasteiger partial charge < -0.3 is 19.3 Å². The Balaban J connectivity index is 2.24. The summed E-state index contributed by atoms with van der Waals surface area (Å²) in [6, 6.07) is 8.22. The standard InChI is InChI=1S/C30H54NO6P/c1-5-6-7-8-9-10-11-12-13-14-23-35-30-20-18-28(19-21-30)16-15-17-29(25-27(2)32)26-37-38(33,34)36-24-22-31(3)4/h18-21,29H,5-17,22-26H2,1-4H3,(H,33,34). The number of nitrogens with zero attached hydrogens (tertiary/aromatic N) is 1. The SMILES string of the molecule is CCCCCCCCCCCCOc1ccc(CCCC(COP(=O)(O)OCCN(C)C)CC(C)=O)cc1. The molecule has 2 unspecified atom stereocenters. The molecule has 1 aromatic rings. The van der Waals surface area contributed by atoms with Crippen molar-refractivity contribution in [2.45, 2.75) is 104 Å². The Morgan fingerprint density at radius 1 is 0.895 bits per heavy atom. The molecule has 38 heavy (non-hydrogen) atoms. The molecule has 1 N–H and O–H groups in total. The minimum Gasteiger partial charge on any atom is -0.494 e. The predicted molar refractivity (Wildman–Crippen MR) is 156 cm³/mol. The number of ether oxygens (including phenoxy) is 1. The molecule has 0 aliphatic rings. The van der Waals surface area contributed by atoms with Crippen LogP contribution in [0.1, 0.15) is 103 Å². The second-order valence-corrected chi connectivity index (χ2v) is 12.2. The van der Waals surface area contributed by atoms with Gasteiger partial charge in [-0.3, -0.25) is 9.05 Å². The van der Waals surface area contributed by atoms with Crippen LogP contribution in [0.5, 0.6) is 5.75 Å². The molecule has 0 aliphatic carbocycles. The summed E-state index contributed by atoms with van der Waals surface area (Å²) in [5.41, 5.74) is 1.21. The third kappa shape index (κ3) is 19.8. The summed E-state index contributed by atoms with van der Waals surface area (Å²) in [6.45, 7) is 5.21. The van der Waals surface area contributed by atoms with E-state index in [2.05, 4.69) is 19.1 Å². The molecule has 7 nitrogen and oxygen atoms in total. The number of carbonyl (C=O) groups excluding carboxylic acids is 1. The lowest BCUT2D eigenvalue weighted by Crippen LogP contribution is -2.18. The van der Waals surface area contributed by atoms with Gasteiger partial charge in [0.1, 0.15) is 11.5 Å². The van der Waals surface area contributed by atoms with Crippen LogP contribution >= 0.6 is 7.82 Å². The molecule has 2 atom stereocenters. The maximum atomic E-state index is 12.1. The van der Waals surface area contributed by atoms with Crippen molar-refractivity contribution in [1.29, 1.82) is 0 Å². The van der Waals surface area contributed by atoms with E-state index in [4.69, 9.17) is 13.8 Å². The predicted octanol–water partition coefficient (Wildman–Crippen LogP) is 7.60. The summed E-state index contributed by atoms with van der Waals surface area (Å²) >= 11 is 0. The Morgan fingerprint density at radius 2 is 1.50 bits per heavy atom. The summed E-state index contributed by atoms with van der Waals surface area (Å²) in [7, 11) is -0.405. The zero-order valence-electron chi connectivity index (χ0n) is 24.5. The number of Topliss-reactive ketones (excluding diaryl/α,β-unsaturated/α-hetero) is 1. The normalized spacial score (nSPS) is 13.9. The van der Waals surface area contributed by atoms with Crippen molar-refractivity contribution in [2.75, 3.05) is 40.5 Å². The lowest BCUT2D eigenvalue weighted by Gasteiger charge is -2.19. The summed E-state index contributed by atoms with van der Waals surface area (Å²) < 4.78 is 28.2. The zero-order valence-corrected chi connectivity index (χ0v) is 25.4. The number of phosphoric ester groups is 1. The number of aryl methyl sites for hydroxylation is 1. The van der Waals surface area contributed by atoms with Crippen LogP contribution in [0.3, 0.4) is 0 Å². The van der Waals surface area contributed by atoms with E-state index in [1.54, 1.807) is 0 Å². The largest absolute Gasteiger partial charge is 0.494 e. The van der Waals surface area contributed by atoms with Gasteiger partial charge in [0.05, 0.1) is 19.8 Å². The molecular weight excluding hydrogens is 501 g/mol. The van der Waals surface area contributed by atoms with Gasteiger partial charge >= 0.3 is 7.82 Å². The topological polar surface area (TPSA) is 85.3 Å². The molecule has 0 heterocycles. The van der Waals surface area contributed by atoms with Gasteiger partial charge in [-0.2, -0.15) is 0 Å². The van der Waals surface area contributed by atoms with Gasteiger partial charge in [-0.05, 0) is 70.3 Å². The maximum absolute atomic E-state index is 12.1. The monoisotopic (exact) mass is 555 g/mol. The number of unbranched alkanes of at least 4 members (excludes halogenated alkanes) is 9. The van der Waals surface area contributed by atoms with E-state index >= 15 is 0 Å². The highest BCUT2D eigenvalue weighted by atomic mass is 31.2. The average Bonchev–Trinajstić information content (AvgIpc) is 2.86. The van der Waals surface area contributed by atoms with Crippen molar-refractivity contribution in [1.82, 2.24) is 4.90 Å². The van der Waals surface area contributed by atoms with E-state index < -0.39 is 7.82 Å². The zero-order chi connectivity index (χ0) is 28.1. The van der Waals surface area contributed by atoms with Crippen molar-refractivity contribution in [2.24, 2.45) is 5.92 Å². The molecule has 1 rings (SSSR count). The van der Waals surface area contributed by atoms with E-state index in [1.165, 1.54) is 70.3 Å². The lowest BCUT2D eigenvalue weighted by molar-refractivity contribution is -0.118. The average molecular weight is 556 g/mol. The number of rotatable bonds is 25. The van der Waals surface area contributed by atoms with Gasteiger partial charge in [-0.25, -0.2) is 4.57 Å². The second-order valence-electron chi connectivity index (χ2n) is 10.7. The van der Waals surface area contributed by atoms with E-state index in [-0.39, 0.29) is 24.9 Å². The van der Waals surface area contributed by atoms with Crippen molar-refractivity contribution >= 4 is 13.6 Å². The Bertz CT molecular complexity index is 771. The molecule has 8 heteroatoms. The van der Waals surface area contributed by atoms with Crippen LogP contribution in [0, 0.1) is 5.92 Å². The fourth-order valence-corrected chi connectivity index (χ4v) is 5.14. The molecule has 0 spiro atoms. The number of likely N-dealkylation sites (N-methyl/N-ethyl adjacent to an activating group) is 1. The Kier molecular flexibility index (Phi) is 19.7. The lowest BCUT2D eigenvalue weighted by atomic mass is 9.96. The van der Waals surface area contributed by atoms with Gasteiger partial charge in [0, 0.05) is 13.0 Å². The van der Waals surface area contributed by atoms with Crippen LogP contribution in [0.15, 0.2) is 24.3 Å². The minimum atomic E-state index is -4.12. The van der Waals surface area contributed by atoms with Crippen molar-refractivity contribution in [3.63, 3.8) is 0 Å². The fraction of sp³-hybridized carbons (Fsp3) is 0.767. The summed E-state index contributed by atoms with van der Waals surface area (Å²) in [4.78, 5) is 23.4. The minimum absolute atomic E-state index is 0.0288. The number of hydrogen-bond acceptors (Lipinski definition) is 6. The molecule has 0 fully saturated rings. The first-order chi connectivity index (χ1) is 18.2. The molecule has 0 saturated heterocycles. The number of benzene rings is 1. The van der Waals surface area contributed by atoms with E-state index in [1.807, 2.05) is 31.1 Å². The highest BCUT2D eigenvalue weighted by Gasteiger charge is 2.24. The molecule has 0 aliphatic heterocycles. The molecule has 220 valence electrons. The van der Waals surface area contributed by atoms with Crippen LogP contribution in [-0.2, 0) is 24.8 Å². The molecule has 1 aromatic carbocycles. The smallest absolute Gasteiger partial charge is 0.472 e. The van der Waals surface area contributed by atoms with Gasteiger partial charge in [-0.15, -0.1) is 0 Å². The number of hydrogen-bond donors (Lipinski definition) is 1. The van der Waals surface area contributed by atoms with Crippen molar-refractivity contribution in [3.05, 3.63) is 29.8 Å². The number of carbonyl (C=O) groups is 1. The van der Waals surface area contributed by atoms with Crippen LogP contribution < -0.4 is 4.74 Å². The van der Waals surface area contributed by atoms with Gasteiger partial charge in [0.25, 0.3) is 0 Å².